The van der Waals surface area contributed by atoms with Crippen LogP contribution in [0.25, 0.3) is 0 Å². The average molecular weight is 209 g/mol. The van der Waals surface area contributed by atoms with Gasteiger partial charge in [0.1, 0.15) is 0 Å². The van der Waals surface area contributed by atoms with E-state index in [-0.39, 0.29) is 18.2 Å². The monoisotopic (exact) mass is 209 g/mol. The van der Waals surface area contributed by atoms with E-state index in [0.29, 0.717) is 5.92 Å². The zero-order valence-electron chi connectivity index (χ0n) is 9.04. The minimum absolute atomic E-state index is 0.170. The molecule has 4 heteroatoms. The van der Waals surface area contributed by atoms with Crippen molar-refractivity contribution in [1.82, 2.24) is 5.43 Å². The van der Waals surface area contributed by atoms with Crippen LogP contribution in [0.3, 0.4) is 0 Å². The van der Waals surface area contributed by atoms with Crippen molar-refractivity contribution in [1.29, 1.82) is 5.26 Å². The lowest BCUT2D eigenvalue weighted by Crippen LogP contribution is -2.31. The fourth-order valence-corrected chi connectivity index (χ4v) is 2.29. The molecule has 84 valence electrons. The molecule has 3 N–H and O–H groups in total. The van der Waals surface area contributed by atoms with E-state index >= 15 is 0 Å². The Morgan fingerprint density at radius 2 is 2.13 bits per heavy atom. The van der Waals surface area contributed by atoms with E-state index in [1.165, 1.54) is 32.1 Å². The summed E-state index contributed by atoms with van der Waals surface area (Å²) in [4.78, 5) is 11.0. The molecule has 1 aliphatic rings. The van der Waals surface area contributed by atoms with E-state index in [4.69, 9.17) is 11.1 Å². The summed E-state index contributed by atoms with van der Waals surface area (Å²) in [6.45, 7) is 0. The standard InChI is InChI=1S/C11H19N3O/c12-8-10(7-11(15)14-13)6-9-4-2-1-3-5-9/h9-10H,1-7,13H2,(H,14,15). The van der Waals surface area contributed by atoms with E-state index < -0.39 is 0 Å². The number of hydrazine groups is 1. The Bertz CT molecular complexity index is 241. The quantitative estimate of drug-likeness (QED) is 0.418. The van der Waals surface area contributed by atoms with Crippen LogP contribution >= 0.6 is 0 Å². The molecule has 0 aromatic carbocycles. The first-order chi connectivity index (χ1) is 7.26. The van der Waals surface area contributed by atoms with Gasteiger partial charge in [-0.1, -0.05) is 32.1 Å². The van der Waals surface area contributed by atoms with Gasteiger partial charge in [0.05, 0.1) is 12.0 Å². The number of nitriles is 1. The van der Waals surface area contributed by atoms with Crippen molar-refractivity contribution in [2.45, 2.75) is 44.9 Å². The third-order valence-corrected chi connectivity index (χ3v) is 3.12. The second kappa shape index (κ2) is 6.41. The molecule has 1 unspecified atom stereocenters. The molecule has 1 amide bonds. The van der Waals surface area contributed by atoms with Gasteiger partial charge in [0.25, 0.3) is 0 Å². The maximum Gasteiger partial charge on any atom is 0.235 e. The molecule has 1 saturated carbocycles. The molecule has 0 aliphatic heterocycles. The summed E-state index contributed by atoms with van der Waals surface area (Å²) in [5.74, 6) is 5.22. The highest BCUT2D eigenvalue weighted by molar-refractivity contribution is 5.75. The molecule has 15 heavy (non-hydrogen) atoms. The molecule has 1 atom stereocenters. The van der Waals surface area contributed by atoms with Crippen molar-refractivity contribution in [3.8, 4) is 6.07 Å². The first-order valence-electron chi connectivity index (χ1n) is 5.65. The molecular weight excluding hydrogens is 190 g/mol. The van der Waals surface area contributed by atoms with E-state index in [9.17, 15) is 4.79 Å². The Labute approximate surface area is 90.8 Å². The van der Waals surface area contributed by atoms with Crippen LogP contribution < -0.4 is 11.3 Å². The van der Waals surface area contributed by atoms with Crippen molar-refractivity contribution in [3.63, 3.8) is 0 Å². The van der Waals surface area contributed by atoms with Gasteiger partial charge in [-0.2, -0.15) is 5.26 Å². The number of nitrogens with two attached hydrogens (primary N) is 1. The summed E-state index contributed by atoms with van der Waals surface area (Å²) >= 11 is 0. The summed E-state index contributed by atoms with van der Waals surface area (Å²) in [5, 5.41) is 8.93. The Hall–Kier alpha value is -1.08. The lowest BCUT2D eigenvalue weighted by Gasteiger charge is -2.23. The normalized spacial score (nSPS) is 19.2. The predicted molar refractivity (Wildman–Crippen MR) is 57.2 cm³/mol. The van der Waals surface area contributed by atoms with E-state index in [2.05, 4.69) is 11.5 Å². The average Bonchev–Trinajstić information content (AvgIpc) is 2.29. The largest absolute Gasteiger partial charge is 0.294 e. The maximum absolute atomic E-state index is 11.0. The Morgan fingerprint density at radius 1 is 1.47 bits per heavy atom. The topological polar surface area (TPSA) is 78.9 Å². The molecule has 0 aromatic rings. The van der Waals surface area contributed by atoms with E-state index in [1.54, 1.807) is 0 Å². The number of carbonyl (C=O) groups excluding carboxylic acids is 1. The molecule has 0 bridgehead atoms. The number of hydrogen-bond acceptors (Lipinski definition) is 3. The number of hydrogen-bond donors (Lipinski definition) is 2. The van der Waals surface area contributed by atoms with Crippen LogP contribution in [0.15, 0.2) is 0 Å². The molecule has 1 fully saturated rings. The zero-order valence-corrected chi connectivity index (χ0v) is 9.04. The van der Waals surface area contributed by atoms with Crippen LogP contribution in [0.4, 0.5) is 0 Å². The van der Waals surface area contributed by atoms with Crippen molar-refractivity contribution >= 4 is 5.91 Å². The fourth-order valence-electron chi connectivity index (χ4n) is 2.29. The lowest BCUT2D eigenvalue weighted by molar-refractivity contribution is -0.121. The summed E-state index contributed by atoms with van der Waals surface area (Å²) < 4.78 is 0. The zero-order chi connectivity index (χ0) is 11.1. The highest BCUT2D eigenvalue weighted by Gasteiger charge is 2.20. The molecular formula is C11H19N3O. The number of amides is 1. The summed E-state index contributed by atoms with van der Waals surface area (Å²) in [6.07, 6.45) is 7.37. The number of carbonyl (C=O) groups is 1. The van der Waals surface area contributed by atoms with Gasteiger partial charge in [-0.05, 0) is 12.3 Å². The van der Waals surface area contributed by atoms with Gasteiger partial charge >= 0.3 is 0 Å². The smallest absolute Gasteiger partial charge is 0.235 e. The molecule has 1 aliphatic carbocycles. The number of nitrogens with one attached hydrogen (secondary N) is 1. The molecule has 1 rings (SSSR count). The molecule has 0 spiro atoms. The first-order valence-corrected chi connectivity index (χ1v) is 5.65. The Balaban J connectivity index is 2.32. The van der Waals surface area contributed by atoms with Crippen molar-refractivity contribution in [3.05, 3.63) is 0 Å². The third kappa shape index (κ3) is 4.30. The van der Waals surface area contributed by atoms with Gasteiger partial charge in [0.15, 0.2) is 0 Å². The number of rotatable bonds is 4. The van der Waals surface area contributed by atoms with Crippen LogP contribution in [-0.4, -0.2) is 5.91 Å². The minimum Gasteiger partial charge on any atom is -0.294 e. The van der Waals surface area contributed by atoms with Crippen molar-refractivity contribution in [2.24, 2.45) is 17.7 Å². The summed E-state index contributed by atoms with van der Waals surface area (Å²) in [6, 6.07) is 2.20. The van der Waals surface area contributed by atoms with E-state index in [0.717, 1.165) is 6.42 Å². The summed E-state index contributed by atoms with van der Waals surface area (Å²) in [5.41, 5.74) is 2.08. The Kier molecular flexibility index (Phi) is 5.13. The highest BCUT2D eigenvalue weighted by Crippen LogP contribution is 2.29. The van der Waals surface area contributed by atoms with Gasteiger partial charge in [0, 0.05) is 6.42 Å². The second-order valence-electron chi connectivity index (χ2n) is 4.34. The van der Waals surface area contributed by atoms with Crippen molar-refractivity contribution < 1.29 is 4.79 Å². The lowest BCUT2D eigenvalue weighted by atomic mass is 9.82. The van der Waals surface area contributed by atoms with Crippen LogP contribution in [-0.2, 0) is 4.79 Å². The molecule has 0 heterocycles. The van der Waals surface area contributed by atoms with Crippen LogP contribution in [0.1, 0.15) is 44.9 Å². The SMILES string of the molecule is N#CC(CC(=O)NN)CC1CCCCC1. The van der Waals surface area contributed by atoms with Crippen LogP contribution in [0.2, 0.25) is 0 Å². The first kappa shape index (κ1) is 12.0. The van der Waals surface area contributed by atoms with Gasteiger partial charge in [0.2, 0.25) is 5.91 Å². The van der Waals surface area contributed by atoms with Crippen molar-refractivity contribution in [2.75, 3.05) is 0 Å². The van der Waals surface area contributed by atoms with E-state index in [1.807, 2.05) is 0 Å². The van der Waals surface area contributed by atoms with Gasteiger partial charge in [-0.15, -0.1) is 0 Å². The highest BCUT2D eigenvalue weighted by atomic mass is 16.2. The van der Waals surface area contributed by atoms with Crippen LogP contribution in [0.5, 0.6) is 0 Å². The van der Waals surface area contributed by atoms with Gasteiger partial charge in [-0.25, -0.2) is 5.84 Å². The number of nitrogens with zero attached hydrogens (tertiary/aromatic N) is 1. The third-order valence-electron chi connectivity index (χ3n) is 3.12. The minimum atomic E-state index is -0.239. The maximum atomic E-state index is 11.0. The van der Waals surface area contributed by atoms with Gasteiger partial charge < -0.3 is 0 Å². The van der Waals surface area contributed by atoms with Crippen LogP contribution in [0, 0.1) is 23.2 Å². The molecule has 0 radical (unpaired) electrons. The molecule has 4 nitrogen and oxygen atoms in total. The fraction of sp³-hybridized carbons (Fsp3) is 0.818. The Morgan fingerprint density at radius 3 is 2.67 bits per heavy atom. The second-order valence-corrected chi connectivity index (χ2v) is 4.34. The van der Waals surface area contributed by atoms with Gasteiger partial charge in [-0.3, -0.25) is 10.2 Å². The molecule has 0 aromatic heterocycles. The predicted octanol–water partition coefficient (Wildman–Crippen LogP) is 1.48. The molecule has 0 saturated heterocycles. The summed E-state index contributed by atoms with van der Waals surface area (Å²) in [7, 11) is 0.